The molecule has 0 saturated heterocycles. The third-order valence-corrected chi connectivity index (χ3v) is 3.71. The zero-order valence-electron chi connectivity index (χ0n) is 8.72. The predicted octanol–water partition coefficient (Wildman–Crippen LogP) is 1.73. The second kappa shape index (κ2) is 4.52. The number of aliphatic hydroxyl groups is 1. The molecule has 2 aromatic heterocycles. The van der Waals surface area contributed by atoms with Crippen molar-refractivity contribution in [3.63, 3.8) is 0 Å². The zero-order valence-corrected chi connectivity index (χ0v) is 11.1. The first kappa shape index (κ1) is 11.6. The SMILES string of the molecule is COc1csc(C(O)c2c(Br)nnn2C)c1. The van der Waals surface area contributed by atoms with E-state index in [1.54, 1.807) is 24.9 Å². The van der Waals surface area contributed by atoms with Gasteiger partial charge >= 0.3 is 0 Å². The molecule has 1 unspecified atom stereocenters. The van der Waals surface area contributed by atoms with Crippen LogP contribution < -0.4 is 4.74 Å². The normalized spacial score (nSPS) is 12.8. The molecule has 5 nitrogen and oxygen atoms in total. The molecule has 0 spiro atoms. The molecule has 0 amide bonds. The van der Waals surface area contributed by atoms with E-state index in [0.29, 0.717) is 10.3 Å². The van der Waals surface area contributed by atoms with Gasteiger partial charge in [-0.25, -0.2) is 4.68 Å². The van der Waals surface area contributed by atoms with Crippen LogP contribution in [0.1, 0.15) is 16.7 Å². The molecule has 0 radical (unpaired) electrons. The Labute approximate surface area is 105 Å². The van der Waals surface area contributed by atoms with E-state index in [2.05, 4.69) is 26.2 Å². The second-order valence-corrected chi connectivity index (χ2v) is 4.87. The minimum absolute atomic E-state index is 0.551. The summed E-state index contributed by atoms with van der Waals surface area (Å²) in [6.07, 6.45) is -0.747. The predicted molar refractivity (Wildman–Crippen MR) is 63.6 cm³/mol. The highest BCUT2D eigenvalue weighted by Gasteiger charge is 2.21. The van der Waals surface area contributed by atoms with Crippen LogP contribution in [0.4, 0.5) is 0 Å². The maximum absolute atomic E-state index is 10.2. The van der Waals surface area contributed by atoms with Crippen molar-refractivity contribution in [2.45, 2.75) is 6.10 Å². The van der Waals surface area contributed by atoms with Crippen LogP contribution in [0, 0.1) is 0 Å². The molecule has 0 aliphatic heterocycles. The van der Waals surface area contributed by atoms with Crippen LogP contribution in [0.2, 0.25) is 0 Å². The van der Waals surface area contributed by atoms with E-state index < -0.39 is 6.10 Å². The monoisotopic (exact) mass is 303 g/mol. The maximum Gasteiger partial charge on any atom is 0.154 e. The first-order valence-corrected chi connectivity index (χ1v) is 6.16. The minimum Gasteiger partial charge on any atom is -0.496 e. The van der Waals surface area contributed by atoms with Gasteiger partial charge in [-0.2, -0.15) is 0 Å². The van der Waals surface area contributed by atoms with Crippen molar-refractivity contribution in [3.8, 4) is 5.75 Å². The Balaban J connectivity index is 2.34. The summed E-state index contributed by atoms with van der Waals surface area (Å²) in [6.45, 7) is 0. The van der Waals surface area contributed by atoms with Crippen molar-refractivity contribution in [3.05, 3.63) is 26.6 Å². The van der Waals surface area contributed by atoms with Crippen LogP contribution in [0.5, 0.6) is 5.75 Å². The highest BCUT2D eigenvalue weighted by molar-refractivity contribution is 9.10. The number of halogens is 1. The van der Waals surface area contributed by atoms with Crippen LogP contribution in [0.15, 0.2) is 16.0 Å². The van der Waals surface area contributed by atoms with Crippen molar-refractivity contribution in [1.82, 2.24) is 15.0 Å². The molecule has 16 heavy (non-hydrogen) atoms. The molecular weight excluding hydrogens is 294 g/mol. The van der Waals surface area contributed by atoms with Gasteiger partial charge in [-0.05, 0) is 22.0 Å². The summed E-state index contributed by atoms with van der Waals surface area (Å²) in [5.41, 5.74) is 0.629. The van der Waals surface area contributed by atoms with Crippen LogP contribution in [0.3, 0.4) is 0 Å². The van der Waals surface area contributed by atoms with E-state index in [0.717, 1.165) is 10.6 Å². The van der Waals surface area contributed by atoms with Gasteiger partial charge < -0.3 is 9.84 Å². The molecule has 0 aliphatic rings. The highest BCUT2D eigenvalue weighted by Crippen LogP contribution is 2.32. The van der Waals surface area contributed by atoms with E-state index in [4.69, 9.17) is 4.74 Å². The average Bonchev–Trinajstić information content (AvgIpc) is 2.85. The van der Waals surface area contributed by atoms with Gasteiger partial charge in [-0.15, -0.1) is 16.4 Å². The van der Waals surface area contributed by atoms with Gasteiger partial charge in [0.1, 0.15) is 17.5 Å². The Morgan fingerprint density at radius 2 is 2.38 bits per heavy atom. The molecule has 2 aromatic rings. The van der Waals surface area contributed by atoms with Crippen molar-refractivity contribution in [2.75, 3.05) is 7.11 Å². The maximum atomic E-state index is 10.2. The van der Waals surface area contributed by atoms with Crippen molar-refractivity contribution < 1.29 is 9.84 Å². The van der Waals surface area contributed by atoms with Crippen molar-refractivity contribution in [1.29, 1.82) is 0 Å². The Bertz CT molecular complexity index is 477. The third kappa shape index (κ3) is 1.98. The number of rotatable bonds is 3. The third-order valence-electron chi connectivity index (χ3n) is 2.19. The van der Waals surface area contributed by atoms with Gasteiger partial charge in [-0.1, -0.05) is 5.21 Å². The fourth-order valence-corrected chi connectivity index (χ4v) is 2.73. The summed E-state index contributed by atoms with van der Waals surface area (Å²) in [4.78, 5) is 0.794. The Kier molecular flexibility index (Phi) is 3.27. The number of hydrogen-bond acceptors (Lipinski definition) is 5. The van der Waals surface area contributed by atoms with Gasteiger partial charge in [0.2, 0.25) is 0 Å². The molecule has 0 saturated carbocycles. The van der Waals surface area contributed by atoms with E-state index >= 15 is 0 Å². The quantitative estimate of drug-likeness (QED) is 0.938. The summed E-state index contributed by atoms with van der Waals surface area (Å²) in [5, 5.41) is 19.7. The number of aromatic nitrogens is 3. The molecule has 0 aromatic carbocycles. The van der Waals surface area contributed by atoms with E-state index in [-0.39, 0.29) is 0 Å². The first-order chi connectivity index (χ1) is 7.63. The summed E-state index contributed by atoms with van der Waals surface area (Å²) < 4.78 is 7.17. The van der Waals surface area contributed by atoms with Crippen LogP contribution in [-0.2, 0) is 7.05 Å². The lowest BCUT2D eigenvalue weighted by atomic mass is 10.2. The minimum atomic E-state index is -0.747. The van der Waals surface area contributed by atoms with Crippen LogP contribution >= 0.6 is 27.3 Å². The molecule has 7 heteroatoms. The second-order valence-electron chi connectivity index (χ2n) is 3.18. The fraction of sp³-hybridized carbons (Fsp3) is 0.333. The van der Waals surface area contributed by atoms with Gasteiger partial charge in [0, 0.05) is 17.3 Å². The molecule has 86 valence electrons. The molecular formula is C9H10BrN3O2S. The molecule has 1 N–H and O–H groups in total. The van der Waals surface area contributed by atoms with E-state index in [1.807, 2.05) is 5.38 Å². The van der Waals surface area contributed by atoms with Gasteiger partial charge in [0.05, 0.1) is 7.11 Å². The van der Waals surface area contributed by atoms with E-state index in [9.17, 15) is 5.11 Å². The summed E-state index contributed by atoms with van der Waals surface area (Å²) in [5.74, 6) is 0.741. The summed E-state index contributed by atoms with van der Waals surface area (Å²) in [7, 11) is 3.33. The molecule has 1 atom stereocenters. The number of aryl methyl sites for hydroxylation is 1. The fourth-order valence-electron chi connectivity index (χ4n) is 1.35. The van der Waals surface area contributed by atoms with Gasteiger partial charge in [0.25, 0.3) is 0 Å². The summed E-state index contributed by atoms with van der Waals surface area (Å²) >= 11 is 4.69. The van der Waals surface area contributed by atoms with Gasteiger partial charge in [0.15, 0.2) is 4.60 Å². The molecule has 0 aliphatic carbocycles. The number of nitrogens with zero attached hydrogens (tertiary/aromatic N) is 3. The Morgan fingerprint density at radius 1 is 1.62 bits per heavy atom. The molecule has 0 bridgehead atoms. The van der Waals surface area contributed by atoms with E-state index in [1.165, 1.54) is 11.3 Å². The largest absolute Gasteiger partial charge is 0.496 e. The molecule has 2 heterocycles. The Hall–Kier alpha value is -0.920. The Morgan fingerprint density at radius 3 is 2.88 bits per heavy atom. The highest BCUT2D eigenvalue weighted by atomic mass is 79.9. The lowest BCUT2D eigenvalue weighted by Gasteiger charge is -2.08. The number of thiophene rings is 1. The van der Waals surface area contributed by atoms with Crippen molar-refractivity contribution >= 4 is 27.3 Å². The summed E-state index contributed by atoms with van der Waals surface area (Å²) in [6, 6.07) is 1.80. The topological polar surface area (TPSA) is 60.2 Å². The lowest BCUT2D eigenvalue weighted by Crippen LogP contribution is -2.05. The first-order valence-electron chi connectivity index (χ1n) is 4.49. The standard InChI is InChI=1S/C9H10BrN3O2S/c1-13-7(9(10)11-12-13)8(14)6-3-5(15-2)4-16-6/h3-4,8,14H,1-2H3. The number of methoxy groups -OCH3 is 1. The molecule has 2 rings (SSSR count). The molecule has 0 fully saturated rings. The number of ether oxygens (including phenoxy) is 1. The number of aliphatic hydroxyl groups excluding tert-OH is 1. The lowest BCUT2D eigenvalue weighted by molar-refractivity contribution is 0.212. The number of hydrogen-bond donors (Lipinski definition) is 1. The van der Waals surface area contributed by atoms with Crippen LogP contribution in [-0.4, -0.2) is 27.2 Å². The zero-order chi connectivity index (χ0) is 11.7. The average molecular weight is 304 g/mol. The smallest absolute Gasteiger partial charge is 0.154 e. The van der Waals surface area contributed by atoms with Crippen LogP contribution in [0.25, 0.3) is 0 Å². The van der Waals surface area contributed by atoms with Crippen molar-refractivity contribution in [2.24, 2.45) is 7.05 Å². The van der Waals surface area contributed by atoms with Gasteiger partial charge in [-0.3, -0.25) is 0 Å².